The molecule has 0 spiro atoms. The first-order chi connectivity index (χ1) is 9.53. The van der Waals surface area contributed by atoms with Gasteiger partial charge in [0.25, 0.3) is 0 Å². The standard InChI is InChI=1S/C13H17N5OS/c1-13(2,12-16-5-6-20-12)17-8-9-3-4-15-10(7-9)11(14)18-19/h3-7,17,19H,8H2,1-2H3,(H2,14,18). The molecule has 0 aliphatic heterocycles. The minimum Gasteiger partial charge on any atom is -0.409 e. The monoisotopic (exact) mass is 291 g/mol. The van der Waals surface area contributed by atoms with Gasteiger partial charge < -0.3 is 16.3 Å². The third-order valence-electron chi connectivity index (χ3n) is 2.90. The predicted octanol–water partition coefficient (Wildman–Crippen LogP) is 1.66. The van der Waals surface area contributed by atoms with Crippen molar-refractivity contribution in [3.63, 3.8) is 0 Å². The van der Waals surface area contributed by atoms with E-state index in [1.165, 1.54) is 0 Å². The fourth-order valence-electron chi connectivity index (χ4n) is 1.71. The molecular weight excluding hydrogens is 274 g/mol. The molecule has 2 aromatic rings. The molecule has 20 heavy (non-hydrogen) atoms. The fourth-order valence-corrected chi connectivity index (χ4v) is 2.45. The molecule has 106 valence electrons. The molecule has 0 aliphatic carbocycles. The molecule has 0 radical (unpaired) electrons. The number of hydrogen-bond donors (Lipinski definition) is 3. The highest BCUT2D eigenvalue weighted by Gasteiger charge is 2.22. The van der Waals surface area contributed by atoms with E-state index in [-0.39, 0.29) is 11.4 Å². The van der Waals surface area contributed by atoms with Crippen molar-refractivity contribution in [3.8, 4) is 0 Å². The van der Waals surface area contributed by atoms with Crippen LogP contribution in [0.1, 0.15) is 30.1 Å². The van der Waals surface area contributed by atoms with Crippen LogP contribution in [-0.4, -0.2) is 21.0 Å². The minimum atomic E-state index is -0.214. The lowest BCUT2D eigenvalue weighted by atomic mass is 10.1. The normalized spacial score (nSPS) is 12.6. The lowest BCUT2D eigenvalue weighted by molar-refractivity contribution is 0.318. The van der Waals surface area contributed by atoms with Gasteiger partial charge in [0, 0.05) is 24.3 Å². The van der Waals surface area contributed by atoms with Gasteiger partial charge in [-0.1, -0.05) is 5.16 Å². The molecule has 6 nitrogen and oxygen atoms in total. The molecule has 7 heteroatoms. The molecule has 2 heterocycles. The lowest BCUT2D eigenvalue weighted by Gasteiger charge is -2.24. The number of aromatic nitrogens is 2. The molecule has 0 atom stereocenters. The Morgan fingerprint density at radius 3 is 2.90 bits per heavy atom. The molecule has 4 N–H and O–H groups in total. The summed E-state index contributed by atoms with van der Waals surface area (Å²) in [5, 5.41) is 18.0. The summed E-state index contributed by atoms with van der Waals surface area (Å²) >= 11 is 1.62. The molecule has 0 amide bonds. The summed E-state index contributed by atoms with van der Waals surface area (Å²) in [5.74, 6) is 0.00559. The van der Waals surface area contributed by atoms with Crippen molar-refractivity contribution in [3.05, 3.63) is 46.2 Å². The van der Waals surface area contributed by atoms with Gasteiger partial charge >= 0.3 is 0 Å². The third kappa shape index (κ3) is 3.31. The van der Waals surface area contributed by atoms with Crippen molar-refractivity contribution >= 4 is 17.2 Å². The van der Waals surface area contributed by atoms with Crippen LogP contribution < -0.4 is 11.1 Å². The van der Waals surface area contributed by atoms with E-state index in [0.717, 1.165) is 10.6 Å². The van der Waals surface area contributed by atoms with Crippen molar-refractivity contribution in [2.45, 2.75) is 25.9 Å². The quantitative estimate of drug-likeness (QED) is 0.337. The highest BCUT2D eigenvalue weighted by molar-refractivity contribution is 7.09. The second-order valence-corrected chi connectivity index (χ2v) is 5.74. The Bertz CT molecular complexity index is 595. The Balaban J connectivity index is 2.08. The third-order valence-corrected chi connectivity index (χ3v) is 3.99. The van der Waals surface area contributed by atoms with E-state index in [2.05, 4.69) is 34.3 Å². The first-order valence-corrected chi connectivity index (χ1v) is 6.99. The van der Waals surface area contributed by atoms with Crippen molar-refractivity contribution in [2.75, 3.05) is 0 Å². The maximum absolute atomic E-state index is 8.66. The molecule has 0 saturated carbocycles. The number of nitrogens with two attached hydrogens (primary N) is 1. The van der Waals surface area contributed by atoms with E-state index in [1.807, 2.05) is 11.4 Å². The summed E-state index contributed by atoms with van der Waals surface area (Å²) in [6, 6.07) is 3.68. The maximum Gasteiger partial charge on any atom is 0.188 e. The number of thiazole rings is 1. The van der Waals surface area contributed by atoms with Gasteiger partial charge in [0.05, 0.1) is 5.54 Å². The molecule has 0 bridgehead atoms. The van der Waals surface area contributed by atoms with Gasteiger partial charge in [-0.2, -0.15) is 0 Å². The first-order valence-electron chi connectivity index (χ1n) is 6.11. The Hall–Kier alpha value is -1.99. The van der Waals surface area contributed by atoms with Crippen LogP contribution in [0.15, 0.2) is 35.1 Å². The van der Waals surface area contributed by atoms with Gasteiger partial charge in [-0.15, -0.1) is 11.3 Å². The lowest BCUT2D eigenvalue weighted by Crippen LogP contribution is -2.35. The number of nitrogens with zero attached hydrogens (tertiary/aromatic N) is 3. The summed E-state index contributed by atoms with van der Waals surface area (Å²) in [5.41, 5.74) is 6.78. The number of oxime groups is 1. The number of pyridine rings is 1. The highest BCUT2D eigenvalue weighted by atomic mass is 32.1. The van der Waals surface area contributed by atoms with Crippen LogP contribution in [0.5, 0.6) is 0 Å². The SMILES string of the molecule is CC(C)(NCc1ccnc(/C(N)=N/O)c1)c1nccs1. The minimum absolute atomic E-state index is 0.00559. The zero-order valence-corrected chi connectivity index (χ0v) is 12.2. The Morgan fingerprint density at radius 2 is 2.25 bits per heavy atom. The van der Waals surface area contributed by atoms with Gasteiger partial charge in [-0.25, -0.2) is 4.98 Å². The van der Waals surface area contributed by atoms with Crippen molar-refractivity contribution in [1.29, 1.82) is 0 Å². The highest BCUT2D eigenvalue weighted by Crippen LogP contribution is 2.22. The zero-order valence-electron chi connectivity index (χ0n) is 11.4. The zero-order chi connectivity index (χ0) is 14.6. The van der Waals surface area contributed by atoms with Crippen molar-refractivity contribution in [1.82, 2.24) is 15.3 Å². The molecule has 0 aliphatic rings. The van der Waals surface area contributed by atoms with Crippen LogP contribution in [-0.2, 0) is 12.1 Å². The molecule has 2 aromatic heterocycles. The summed E-state index contributed by atoms with van der Waals surface area (Å²) < 4.78 is 0. The van der Waals surface area contributed by atoms with Gasteiger partial charge in [0.2, 0.25) is 0 Å². The predicted molar refractivity (Wildman–Crippen MR) is 78.7 cm³/mol. The Labute approximate surface area is 121 Å². The number of hydrogen-bond acceptors (Lipinski definition) is 6. The average molecular weight is 291 g/mol. The van der Waals surface area contributed by atoms with Crippen molar-refractivity contribution in [2.24, 2.45) is 10.9 Å². The maximum atomic E-state index is 8.66. The van der Waals surface area contributed by atoms with E-state index >= 15 is 0 Å². The van der Waals surface area contributed by atoms with Crippen LogP contribution >= 0.6 is 11.3 Å². The Morgan fingerprint density at radius 1 is 1.45 bits per heavy atom. The number of amidine groups is 1. The Kier molecular flexibility index (Phi) is 4.31. The molecule has 0 saturated heterocycles. The van der Waals surface area contributed by atoms with Gasteiger partial charge in [-0.3, -0.25) is 4.98 Å². The fraction of sp³-hybridized carbons (Fsp3) is 0.308. The van der Waals surface area contributed by atoms with Gasteiger partial charge in [0.1, 0.15) is 10.7 Å². The van der Waals surface area contributed by atoms with Crippen LogP contribution in [0.25, 0.3) is 0 Å². The molecular formula is C13H17N5OS. The molecule has 0 unspecified atom stereocenters. The van der Waals surface area contributed by atoms with Gasteiger partial charge in [0.15, 0.2) is 5.84 Å². The van der Waals surface area contributed by atoms with Crippen molar-refractivity contribution < 1.29 is 5.21 Å². The molecule has 2 rings (SSSR count). The van der Waals surface area contributed by atoms with Crippen LogP contribution in [0.2, 0.25) is 0 Å². The van der Waals surface area contributed by atoms with E-state index in [0.29, 0.717) is 12.2 Å². The molecule has 0 aromatic carbocycles. The topological polar surface area (TPSA) is 96.4 Å². The van der Waals surface area contributed by atoms with Crippen LogP contribution in [0, 0.1) is 0 Å². The van der Waals surface area contributed by atoms with E-state index in [1.54, 1.807) is 29.8 Å². The van der Waals surface area contributed by atoms with Crippen LogP contribution in [0.4, 0.5) is 0 Å². The summed E-state index contributed by atoms with van der Waals surface area (Å²) in [7, 11) is 0. The van der Waals surface area contributed by atoms with E-state index in [4.69, 9.17) is 10.9 Å². The average Bonchev–Trinajstić information content (AvgIpc) is 3.00. The van der Waals surface area contributed by atoms with E-state index < -0.39 is 0 Å². The first kappa shape index (κ1) is 14.4. The second kappa shape index (κ2) is 5.98. The van der Waals surface area contributed by atoms with E-state index in [9.17, 15) is 0 Å². The summed E-state index contributed by atoms with van der Waals surface area (Å²) in [6.07, 6.45) is 3.44. The number of rotatable bonds is 5. The molecule has 0 fully saturated rings. The largest absolute Gasteiger partial charge is 0.409 e. The van der Waals surface area contributed by atoms with Crippen LogP contribution in [0.3, 0.4) is 0 Å². The second-order valence-electron chi connectivity index (χ2n) is 4.85. The summed E-state index contributed by atoms with van der Waals surface area (Å²) in [6.45, 7) is 4.80. The number of nitrogens with one attached hydrogen (secondary N) is 1. The smallest absolute Gasteiger partial charge is 0.188 e. The summed E-state index contributed by atoms with van der Waals surface area (Å²) in [4.78, 5) is 8.38. The van der Waals surface area contributed by atoms with Gasteiger partial charge in [-0.05, 0) is 31.5 Å².